The maximum Gasteiger partial charge on any atom is 0.0168 e. The standard InChI is InChI=1S/C9H12S2/c1-11(2,10)8-9-6-4-3-5-7-9/h3-7,10H,1-2,8H2. The Labute approximate surface area is 73.5 Å². The predicted molar refractivity (Wildman–Crippen MR) is 61.0 cm³/mol. The van der Waals surface area contributed by atoms with E-state index in [1.165, 1.54) is 5.56 Å². The molecule has 0 nitrogen and oxygen atoms in total. The van der Waals surface area contributed by atoms with Crippen molar-refractivity contribution in [1.82, 2.24) is 0 Å². The van der Waals surface area contributed by atoms with Crippen LogP contribution in [-0.4, -0.2) is 11.7 Å². The first-order valence-corrected chi connectivity index (χ1v) is 6.51. The fourth-order valence-electron chi connectivity index (χ4n) is 0.884. The quantitative estimate of drug-likeness (QED) is 0.408. The van der Waals surface area contributed by atoms with Gasteiger partial charge in [0.05, 0.1) is 0 Å². The van der Waals surface area contributed by atoms with Gasteiger partial charge in [0.1, 0.15) is 0 Å². The Bertz CT molecular complexity index is 309. The van der Waals surface area contributed by atoms with Crippen molar-refractivity contribution in [1.29, 1.82) is 0 Å². The molecule has 0 aliphatic carbocycles. The van der Waals surface area contributed by atoms with Gasteiger partial charge in [-0.3, -0.25) is 0 Å². The number of hydrogen-bond donors (Lipinski definition) is 1. The molecule has 0 aliphatic heterocycles. The van der Waals surface area contributed by atoms with Gasteiger partial charge in [-0.1, -0.05) is 42.1 Å². The van der Waals surface area contributed by atoms with E-state index in [1.807, 2.05) is 18.2 Å². The van der Waals surface area contributed by atoms with E-state index in [-0.39, 0.29) is 0 Å². The number of thiol groups is 1. The van der Waals surface area contributed by atoms with Crippen LogP contribution in [0, 0.1) is 0 Å². The lowest BCUT2D eigenvalue weighted by Crippen LogP contribution is -1.79. The van der Waals surface area contributed by atoms with Gasteiger partial charge < -0.3 is 0 Å². The molecule has 0 saturated heterocycles. The maximum atomic E-state index is 4.33. The van der Waals surface area contributed by atoms with Crippen molar-refractivity contribution in [3.63, 3.8) is 0 Å². The Balaban J connectivity index is 2.82. The Morgan fingerprint density at radius 1 is 1.18 bits per heavy atom. The second-order valence-electron chi connectivity index (χ2n) is 2.63. The first-order chi connectivity index (χ1) is 5.08. The van der Waals surface area contributed by atoms with Gasteiger partial charge in [-0.25, -0.2) is 0 Å². The summed E-state index contributed by atoms with van der Waals surface area (Å²) in [7, 11) is -1.18. The van der Waals surface area contributed by atoms with Crippen molar-refractivity contribution in [2.24, 2.45) is 0 Å². The lowest BCUT2D eigenvalue weighted by Gasteiger charge is -2.05. The molecule has 0 unspecified atom stereocenters. The third kappa shape index (κ3) is 3.54. The zero-order valence-corrected chi connectivity index (χ0v) is 8.07. The van der Waals surface area contributed by atoms with Crippen molar-refractivity contribution in [2.75, 3.05) is 0 Å². The van der Waals surface area contributed by atoms with Crippen LogP contribution in [0.3, 0.4) is 0 Å². The minimum atomic E-state index is -1.18. The Hall–Kier alpha value is -0.340. The van der Waals surface area contributed by atoms with E-state index in [0.717, 1.165) is 5.75 Å². The summed E-state index contributed by atoms with van der Waals surface area (Å²) in [5, 5.41) is 0. The van der Waals surface area contributed by atoms with E-state index < -0.39 is 8.24 Å². The summed E-state index contributed by atoms with van der Waals surface area (Å²) in [5.74, 6) is 8.69. The maximum absolute atomic E-state index is 4.33. The van der Waals surface area contributed by atoms with E-state index in [0.29, 0.717) is 0 Å². The molecule has 0 amide bonds. The zero-order valence-electron chi connectivity index (χ0n) is 6.36. The number of benzene rings is 1. The summed E-state index contributed by atoms with van der Waals surface area (Å²) in [6, 6.07) is 10.2. The molecule has 0 aliphatic rings. The molecule has 0 radical (unpaired) electrons. The van der Waals surface area contributed by atoms with Crippen LogP contribution in [0.1, 0.15) is 5.56 Å². The summed E-state index contributed by atoms with van der Waals surface area (Å²) in [5.41, 5.74) is 1.27. The molecule has 0 atom stereocenters. The van der Waals surface area contributed by atoms with E-state index in [9.17, 15) is 0 Å². The lowest BCUT2D eigenvalue weighted by atomic mass is 10.2. The first kappa shape index (κ1) is 8.75. The normalized spacial score (nSPS) is 11.4. The summed E-state index contributed by atoms with van der Waals surface area (Å²) >= 11 is 4.33. The van der Waals surface area contributed by atoms with Crippen LogP contribution in [0.4, 0.5) is 0 Å². The minimum Gasteiger partial charge on any atom is -0.164 e. The smallest absolute Gasteiger partial charge is 0.0168 e. The molecule has 0 spiro atoms. The highest BCUT2D eigenvalue weighted by Crippen LogP contribution is 2.28. The van der Waals surface area contributed by atoms with Crippen molar-refractivity contribution in [2.45, 2.75) is 5.75 Å². The molecule has 1 aromatic carbocycles. The molecule has 0 N–H and O–H groups in total. The fraction of sp³-hybridized carbons (Fsp3) is 0.111. The van der Waals surface area contributed by atoms with Gasteiger partial charge in [0.25, 0.3) is 0 Å². The summed E-state index contributed by atoms with van der Waals surface area (Å²) in [4.78, 5) is 0. The Morgan fingerprint density at radius 2 is 1.73 bits per heavy atom. The van der Waals surface area contributed by atoms with Crippen LogP contribution in [-0.2, 0) is 5.75 Å². The molecule has 60 valence electrons. The molecule has 2 heteroatoms. The Morgan fingerprint density at radius 3 is 2.18 bits per heavy atom. The monoisotopic (exact) mass is 184 g/mol. The van der Waals surface area contributed by atoms with E-state index >= 15 is 0 Å². The SMILES string of the molecule is C=S(=C)(S)Cc1ccccc1. The second-order valence-corrected chi connectivity index (χ2v) is 7.24. The van der Waals surface area contributed by atoms with Gasteiger partial charge in [-0.05, 0) is 5.56 Å². The molecule has 0 aromatic heterocycles. The highest BCUT2D eigenvalue weighted by Gasteiger charge is 1.92. The topological polar surface area (TPSA) is 0 Å². The van der Waals surface area contributed by atoms with Crippen molar-refractivity contribution in [3.05, 3.63) is 35.9 Å². The molecule has 1 aromatic rings. The third-order valence-electron chi connectivity index (χ3n) is 1.28. The van der Waals surface area contributed by atoms with Gasteiger partial charge in [-0.15, -0.1) is 11.7 Å². The van der Waals surface area contributed by atoms with Crippen LogP contribution in [0.15, 0.2) is 30.3 Å². The predicted octanol–water partition coefficient (Wildman–Crippen LogP) is 2.70. The number of hydrogen-bond acceptors (Lipinski definition) is 1. The van der Waals surface area contributed by atoms with E-state index in [1.54, 1.807) is 0 Å². The van der Waals surface area contributed by atoms with Gasteiger partial charge in [0.2, 0.25) is 0 Å². The summed E-state index contributed by atoms with van der Waals surface area (Å²) in [6.45, 7) is 0. The van der Waals surface area contributed by atoms with Gasteiger partial charge >= 0.3 is 0 Å². The largest absolute Gasteiger partial charge is 0.164 e. The first-order valence-electron chi connectivity index (χ1n) is 3.31. The molecule has 0 bridgehead atoms. The lowest BCUT2D eigenvalue weighted by molar-refractivity contribution is 1.42. The highest BCUT2D eigenvalue weighted by molar-refractivity contribution is 8.83. The van der Waals surface area contributed by atoms with Gasteiger partial charge in [0.15, 0.2) is 0 Å². The fourth-order valence-corrected chi connectivity index (χ4v) is 2.14. The van der Waals surface area contributed by atoms with Crippen LogP contribution < -0.4 is 0 Å². The third-order valence-corrected chi connectivity index (χ3v) is 2.54. The molecular weight excluding hydrogens is 172 g/mol. The number of rotatable bonds is 2. The minimum absolute atomic E-state index is 0.886. The summed E-state index contributed by atoms with van der Waals surface area (Å²) in [6.07, 6.45) is 0. The molecule has 1 rings (SSSR count). The van der Waals surface area contributed by atoms with E-state index in [2.05, 4.69) is 35.5 Å². The van der Waals surface area contributed by atoms with Crippen LogP contribution in [0.2, 0.25) is 0 Å². The van der Waals surface area contributed by atoms with Crippen molar-refractivity contribution >= 4 is 31.6 Å². The van der Waals surface area contributed by atoms with Gasteiger partial charge in [-0.2, -0.15) is 8.24 Å². The average molecular weight is 184 g/mol. The average Bonchev–Trinajstić information content (AvgIpc) is 1.85. The summed E-state index contributed by atoms with van der Waals surface area (Å²) < 4.78 is 0. The molecule has 11 heavy (non-hydrogen) atoms. The highest BCUT2D eigenvalue weighted by atomic mass is 33.1. The molecule has 0 saturated carbocycles. The Kier molecular flexibility index (Phi) is 2.68. The van der Waals surface area contributed by atoms with E-state index in [4.69, 9.17) is 0 Å². The zero-order chi connectivity index (χ0) is 8.32. The van der Waals surface area contributed by atoms with Gasteiger partial charge in [0, 0.05) is 5.75 Å². The molecular formula is C9H12S2. The molecule has 0 heterocycles. The van der Waals surface area contributed by atoms with Crippen LogP contribution in [0.5, 0.6) is 0 Å². The van der Waals surface area contributed by atoms with Crippen LogP contribution in [0.25, 0.3) is 0 Å². The van der Waals surface area contributed by atoms with Crippen molar-refractivity contribution in [3.8, 4) is 0 Å². The second kappa shape index (κ2) is 3.37. The molecule has 0 fully saturated rings. The van der Waals surface area contributed by atoms with Crippen LogP contribution >= 0.6 is 19.9 Å². The van der Waals surface area contributed by atoms with Crippen molar-refractivity contribution < 1.29 is 0 Å².